The average Bonchev–Trinajstić information content (AvgIpc) is 2.80. The van der Waals surface area contributed by atoms with Gasteiger partial charge in [-0.1, -0.05) is 30.3 Å². The summed E-state index contributed by atoms with van der Waals surface area (Å²) in [6, 6.07) is 10.3. The lowest BCUT2D eigenvalue weighted by atomic mass is 9.96. The van der Waals surface area contributed by atoms with Gasteiger partial charge in [-0.25, -0.2) is 9.97 Å². The van der Waals surface area contributed by atoms with Gasteiger partial charge in [0.25, 0.3) is 0 Å². The summed E-state index contributed by atoms with van der Waals surface area (Å²) in [6.07, 6.45) is 4.71. The van der Waals surface area contributed by atoms with Crippen molar-refractivity contribution in [3.63, 3.8) is 0 Å². The zero-order valence-electron chi connectivity index (χ0n) is 18.1. The highest BCUT2D eigenvalue weighted by Crippen LogP contribution is 2.32. The number of aryl methyl sites for hydroxylation is 2. The number of likely N-dealkylation sites (tertiary alicyclic amines) is 1. The lowest BCUT2D eigenvalue weighted by Gasteiger charge is -2.33. The first-order valence-electron chi connectivity index (χ1n) is 11.2. The number of aromatic nitrogens is 2. The van der Waals surface area contributed by atoms with Crippen molar-refractivity contribution in [3.05, 3.63) is 53.0 Å². The third-order valence-corrected chi connectivity index (χ3v) is 6.32. The van der Waals surface area contributed by atoms with E-state index in [0.717, 1.165) is 42.8 Å². The van der Waals surface area contributed by atoms with Gasteiger partial charge in [-0.3, -0.25) is 14.5 Å². The molecule has 31 heavy (non-hydrogen) atoms. The normalized spacial score (nSPS) is 18.8. The molecule has 4 rings (SSSR count). The van der Waals surface area contributed by atoms with Crippen molar-refractivity contribution in [2.45, 2.75) is 51.4 Å². The third-order valence-electron chi connectivity index (χ3n) is 6.32. The number of nitrogens with zero attached hydrogens (tertiary/aromatic N) is 4. The van der Waals surface area contributed by atoms with Gasteiger partial charge in [-0.05, 0) is 44.6 Å². The van der Waals surface area contributed by atoms with E-state index < -0.39 is 6.61 Å². The molecule has 1 fully saturated rings. The number of carbonyl (C=O) groups is 2. The topological polar surface area (TPSA) is 86.6 Å². The molecule has 7 heteroatoms. The number of aliphatic hydroxyl groups is 1. The smallest absolute Gasteiger partial charge is 0.248 e. The summed E-state index contributed by atoms with van der Waals surface area (Å²) in [6.45, 7) is 3.32. The molecule has 2 aromatic rings. The number of hydrogen-bond acceptors (Lipinski definition) is 5. The number of fused-ring (bicyclic) bond motifs is 1. The first-order chi connectivity index (χ1) is 15.1. The van der Waals surface area contributed by atoms with Crippen molar-refractivity contribution in [1.29, 1.82) is 0 Å². The monoisotopic (exact) mass is 422 g/mol. The Balaban J connectivity index is 1.54. The predicted molar refractivity (Wildman–Crippen MR) is 118 cm³/mol. The second-order valence-corrected chi connectivity index (χ2v) is 8.44. The van der Waals surface area contributed by atoms with Crippen molar-refractivity contribution < 1.29 is 14.7 Å². The second-order valence-electron chi connectivity index (χ2n) is 8.44. The Labute approximate surface area is 183 Å². The van der Waals surface area contributed by atoms with Gasteiger partial charge in [0.15, 0.2) is 0 Å². The fraction of sp³-hybridized carbons (Fsp3) is 0.500. The minimum absolute atomic E-state index is 0.0245. The maximum atomic E-state index is 12.8. The van der Waals surface area contributed by atoms with E-state index in [2.05, 4.69) is 12.1 Å². The van der Waals surface area contributed by atoms with E-state index in [1.807, 2.05) is 30.0 Å². The van der Waals surface area contributed by atoms with Crippen LogP contribution in [0.3, 0.4) is 0 Å². The highest BCUT2D eigenvalue weighted by molar-refractivity contribution is 5.95. The highest BCUT2D eigenvalue weighted by atomic mass is 16.3. The van der Waals surface area contributed by atoms with E-state index in [1.54, 1.807) is 4.90 Å². The van der Waals surface area contributed by atoms with Crippen LogP contribution in [0.4, 0.5) is 5.82 Å². The van der Waals surface area contributed by atoms with Gasteiger partial charge >= 0.3 is 0 Å². The van der Waals surface area contributed by atoms with Crippen molar-refractivity contribution in [3.8, 4) is 0 Å². The van der Waals surface area contributed by atoms with E-state index in [9.17, 15) is 14.7 Å². The van der Waals surface area contributed by atoms with Crippen molar-refractivity contribution in [2.24, 2.45) is 0 Å². The van der Waals surface area contributed by atoms with E-state index in [0.29, 0.717) is 38.3 Å². The molecule has 0 saturated carbocycles. The van der Waals surface area contributed by atoms with Crippen LogP contribution in [-0.2, 0) is 22.4 Å². The van der Waals surface area contributed by atoms with Crippen LogP contribution >= 0.6 is 0 Å². The zero-order chi connectivity index (χ0) is 21.8. The Hall–Kier alpha value is -2.80. The summed E-state index contributed by atoms with van der Waals surface area (Å²) in [5, 5.41) is 9.21. The molecule has 2 aliphatic rings. The first kappa shape index (κ1) is 21.4. The molecule has 1 N–H and O–H groups in total. The van der Waals surface area contributed by atoms with Gasteiger partial charge < -0.3 is 10.0 Å². The molecule has 2 aliphatic heterocycles. The summed E-state index contributed by atoms with van der Waals surface area (Å²) in [5.74, 6) is 1.34. The third kappa shape index (κ3) is 4.77. The molecule has 1 saturated heterocycles. The maximum absolute atomic E-state index is 12.8. The van der Waals surface area contributed by atoms with Gasteiger partial charge in [0.05, 0.1) is 0 Å². The van der Waals surface area contributed by atoms with Crippen LogP contribution < -0.4 is 4.90 Å². The van der Waals surface area contributed by atoms with Gasteiger partial charge in [0.1, 0.15) is 18.2 Å². The predicted octanol–water partition coefficient (Wildman–Crippen LogP) is 2.40. The SMILES string of the molecule is Cc1nc(C2CCCN(C(=O)CO)C2)nc2c1CCC(=O)N2CCCc1ccccc1. The standard InChI is InChI=1S/C24H30N4O3/c1-17-20-11-12-21(30)28(14-5-9-18-7-3-2-4-8-18)24(20)26-23(25-17)19-10-6-13-27(15-19)22(31)16-29/h2-4,7-8,19,29H,5-6,9-16H2,1H3. The van der Waals surface area contributed by atoms with Gasteiger partial charge in [-0.15, -0.1) is 0 Å². The van der Waals surface area contributed by atoms with Crippen molar-refractivity contribution in [1.82, 2.24) is 14.9 Å². The summed E-state index contributed by atoms with van der Waals surface area (Å²) in [7, 11) is 0. The minimum atomic E-state index is -0.472. The molecule has 0 aliphatic carbocycles. The summed E-state index contributed by atoms with van der Waals surface area (Å²) >= 11 is 0. The quantitative estimate of drug-likeness (QED) is 0.773. The Kier molecular flexibility index (Phi) is 6.61. The van der Waals surface area contributed by atoms with Crippen molar-refractivity contribution in [2.75, 3.05) is 31.1 Å². The first-order valence-corrected chi connectivity index (χ1v) is 11.2. The molecule has 1 aromatic heterocycles. The van der Waals surface area contributed by atoms with Crippen LogP contribution in [0.1, 0.15) is 54.2 Å². The van der Waals surface area contributed by atoms with Crippen LogP contribution in [0.5, 0.6) is 0 Å². The number of aliphatic hydroxyl groups excluding tert-OH is 1. The molecule has 7 nitrogen and oxygen atoms in total. The van der Waals surface area contributed by atoms with Crippen LogP contribution in [-0.4, -0.2) is 58.0 Å². The van der Waals surface area contributed by atoms with Gasteiger partial charge in [-0.2, -0.15) is 0 Å². The van der Waals surface area contributed by atoms with E-state index in [-0.39, 0.29) is 17.7 Å². The number of benzene rings is 1. The molecule has 0 spiro atoms. The lowest BCUT2D eigenvalue weighted by molar-refractivity contribution is -0.135. The van der Waals surface area contributed by atoms with Crippen LogP contribution in [0.2, 0.25) is 0 Å². The molecule has 1 atom stereocenters. The number of hydrogen-bond donors (Lipinski definition) is 1. The Morgan fingerprint density at radius 3 is 2.77 bits per heavy atom. The molecule has 0 radical (unpaired) electrons. The van der Waals surface area contributed by atoms with E-state index in [1.165, 1.54) is 5.56 Å². The number of rotatable bonds is 6. The summed E-state index contributed by atoms with van der Waals surface area (Å²) in [5.41, 5.74) is 3.25. The second kappa shape index (κ2) is 9.56. The average molecular weight is 423 g/mol. The molecule has 0 bridgehead atoms. The molecular formula is C24H30N4O3. The Morgan fingerprint density at radius 2 is 2.00 bits per heavy atom. The van der Waals surface area contributed by atoms with Crippen LogP contribution in [0, 0.1) is 6.92 Å². The summed E-state index contributed by atoms with van der Waals surface area (Å²) < 4.78 is 0. The Bertz CT molecular complexity index is 947. The largest absolute Gasteiger partial charge is 0.387 e. The lowest BCUT2D eigenvalue weighted by Crippen LogP contribution is -2.41. The number of carbonyl (C=O) groups excluding carboxylic acids is 2. The van der Waals surface area contributed by atoms with E-state index >= 15 is 0 Å². The maximum Gasteiger partial charge on any atom is 0.248 e. The Morgan fingerprint density at radius 1 is 1.19 bits per heavy atom. The molecule has 3 heterocycles. The van der Waals surface area contributed by atoms with Crippen LogP contribution in [0.25, 0.3) is 0 Å². The number of piperidine rings is 1. The molecule has 2 amide bonds. The molecule has 1 unspecified atom stereocenters. The molecular weight excluding hydrogens is 392 g/mol. The highest BCUT2D eigenvalue weighted by Gasteiger charge is 2.31. The fourth-order valence-corrected chi connectivity index (χ4v) is 4.62. The summed E-state index contributed by atoms with van der Waals surface area (Å²) in [4.78, 5) is 37.9. The van der Waals surface area contributed by atoms with Crippen LogP contribution in [0.15, 0.2) is 30.3 Å². The zero-order valence-corrected chi connectivity index (χ0v) is 18.1. The van der Waals surface area contributed by atoms with Gasteiger partial charge in [0, 0.05) is 43.2 Å². The minimum Gasteiger partial charge on any atom is -0.387 e. The molecule has 164 valence electrons. The van der Waals surface area contributed by atoms with E-state index in [4.69, 9.17) is 9.97 Å². The number of amides is 2. The fourth-order valence-electron chi connectivity index (χ4n) is 4.62. The number of anilines is 1. The van der Waals surface area contributed by atoms with Gasteiger partial charge in [0.2, 0.25) is 11.8 Å². The van der Waals surface area contributed by atoms with Crippen molar-refractivity contribution >= 4 is 17.6 Å². The molecule has 1 aromatic carbocycles.